The van der Waals surface area contributed by atoms with Crippen LogP contribution in [0.3, 0.4) is 0 Å². The molecule has 0 saturated heterocycles. The Labute approximate surface area is 150 Å². The zero-order chi connectivity index (χ0) is 17.2. The smallest absolute Gasteiger partial charge is 0.0640 e. The molecule has 2 nitrogen and oxygen atoms in total. The van der Waals surface area contributed by atoms with Crippen LogP contribution in [0.2, 0.25) is 5.02 Å². The third-order valence-electron chi connectivity index (χ3n) is 4.77. The summed E-state index contributed by atoms with van der Waals surface area (Å²) in [6, 6.07) is 13.1. The molecule has 1 aliphatic rings. The second kappa shape index (κ2) is 7.16. The minimum absolute atomic E-state index is 0.193. The fourth-order valence-electron chi connectivity index (χ4n) is 3.25. The Bertz CT molecular complexity index is 699. The predicted molar refractivity (Wildman–Crippen MR) is 104 cm³/mol. The number of anilines is 1. The Morgan fingerprint density at radius 2 is 1.71 bits per heavy atom. The van der Waals surface area contributed by atoms with Gasteiger partial charge in [-0.3, -0.25) is 0 Å². The molecule has 0 fully saturated rings. The molecule has 128 valence electrons. The van der Waals surface area contributed by atoms with Gasteiger partial charge in [-0.2, -0.15) is 0 Å². The largest absolute Gasteiger partial charge is 0.380 e. The van der Waals surface area contributed by atoms with Gasteiger partial charge in [-0.1, -0.05) is 62.7 Å². The molecule has 0 spiro atoms. The van der Waals surface area contributed by atoms with E-state index >= 15 is 0 Å². The van der Waals surface area contributed by atoms with Gasteiger partial charge in [0.05, 0.1) is 10.7 Å². The quantitative estimate of drug-likeness (QED) is 0.825. The zero-order valence-electron chi connectivity index (χ0n) is 14.9. The van der Waals surface area contributed by atoms with Gasteiger partial charge < -0.3 is 10.6 Å². The molecular formula is C21H27ClN2. The van der Waals surface area contributed by atoms with Crippen molar-refractivity contribution in [3.8, 4) is 0 Å². The normalized spacial score (nSPS) is 14.8. The molecule has 3 heteroatoms. The molecule has 0 unspecified atom stereocenters. The molecule has 0 bridgehead atoms. The molecular weight excluding hydrogens is 316 g/mol. The fraction of sp³-hybridized carbons (Fsp3) is 0.429. The summed E-state index contributed by atoms with van der Waals surface area (Å²) in [4.78, 5) is 0. The molecule has 0 amide bonds. The average Bonchev–Trinajstić information content (AvgIpc) is 2.79. The van der Waals surface area contributed by atoms with E-state index in [1.165, 1.54) is 22.3 Å². The van der Waals surface area contributed by atoms with E-state index in [9.17, 15) is 0 Å². The second-order valence-corrected chi connectivity index (χ2v) is 8.02. The minimum atomic E-state index is 0.193. The van der Waals surface area contributed by atoms with Crippen molar-refractivity contribution in [3.05, 3.63) is 63.7 Å². The lowest BCUT2D eigenvalue weighted by Gasteiger charge is -2.20. The van der Waals surface area contributed by atoms with Crippen molar-refractivity contribution in [3.63, 3.8) is 0 Å². The number of rotatable bonds is 3. The van der Waals surface area contributed by atoms with E-state index in [0.717, 1.165) is 43.2 Å². The van der Waals surface area contributed by atoms with Crippen LogP contribution >= 0.6 is 11.6 Å². The van der Waals surface area contributed by atoms with Gasteiger partial charge in [0.25, 0.3) is 0 Å². The van der Waals surface area contributed by atoms with Gasteiger partial charge in [0, 0.05) is 6.54 Å². The van der Waals surface area contributed by atoms with Crippen molar-refractivity contribution in [1.82, 2.24) is 5.32 Å². The second-order valence-electron chi connectivity index (χ2n) is 7.61. The van der Waals surface area contributed by atoms with E-state index in [0.29, 0.717) is 0 Å². The van der Waals surface area contributed by atoms with Crippen molar-refractivity contribution in [2.75, 3.05) is 18.4 Å². The lowest BCUT2D eigenvalue weighted by atomic mass is 9.87. The lowest BCUT2D eigenvalue weighted by Crippen LogP contribution is -2.16. The molecule has 0 atom stereocenters. The fourth-order valence-corrected chi connectivity index (χ4v) is 3.49. The summed E-state index contributed by atoms with van der Waals surface area (Å²) >= 11 is 6.48. The molecule has 1 heterocycles. The Morgan fingerprint density at radius 1 is 1.00 bits per heavy atom. The van der Waals surface area contributed by atoms with Crippen LogP contribution in [0.15, 0.2) is 36.4 Å². The molecule has 2 aromatic rings. The number of fused-ring (bicyclic) bond motifs is 1. The van der Waals surface area contributed by atoms with E-state index in [1.807, 2.05) is 6.07 Å². The van der Waals surface area contributed by atoms with Gasteiger partial charge in [0.2, 0.25) is 0 Å². The summed E-state index contributed by atoms with van der Waals surface area (Å²) in [6.07, 6.45) is 2.10. The van der Waals surface area contributed by atoms with Crippen molar-refractivity contribution >= 4 is 17.3 Å². The first kappa shape index (κ1) is 17.3. The van der Waals surface area contributed by atoms with Crippen LogP contribution < -0.4 is 10.6 Å². The minimum Gasteiger partial charge on any atom is -0.380 e. The Morgan fingerprint density at radius 3 is 2.42 bits per heavy atom. The van der Waals surface area contributed by atoms with Crippen LogP contribution in [0.1, 0.15) is 43.0 Å². The topological polar surface area (TPSA) is 24.1 Å². The number of benzene rings is 2. The lowest BCUT2D eigenvalue weighted by molar-refractivity contribution is 0.590. The number of hydrogen-bond donors (Lipinski definition) is 2. The first-order valence-corrected chi connectivity index (χ1v) is 9.17. The van der Waals surface area contributed by atoms with Crippen LogP contribution in [-0.4, -0.2) is 13.1 Å². The number of hydrogen-bond acceptors (Lipinski definition) is 2. The van der Waals surface area contributed by atoms with Crippen molar-refractivity contribution in [2.24, 2.45) is 0 Å². The average molecular weight is 343 g/mol. The standard InChI is InChI=1S/C21H27ClN2/c1-21(2,3)17-7-4-15(5-8-17)14-24-20-18-11-13-23-12-10-16(18)6-9-19(20)22/h4-9,23-24H,10-14H2,1-3H3. The Balaban J connectivity index is 1.77. The predicted octanol–water partition coefficient (Wildman–Crippen LogP) is 4.94. The maximum atomic E-state index is 6.48. The van der Waals surface area contributed by atoms with Crippen LogP contribution in [0.5, 0.6) is 0 Å². The summed E-state index contributed by atoms with van der Waals surface area (Å²) < 4.78 is 0. The first-order valence-electron chi connectivity index (χ1n) is 8.79. The highest BCUT2D eigenvalue weighted by Crippen LogP contribution is 2.31. The molecule has 2 N–H and O–H groups in total. The molecule has 0 saturated carbocycles. The molecule has 2 aromatic carbocycles. The highest BCUT2D eigenvalue weighted by Gasteiger charge is 2.15. The monoisotopic (exact) mass is 342 g/mol. The van der Waals surface area contributed by atoms with Gasteiger partial charge in [0.15, 0.2) is 0 Å². The van der Waals surface area contributed by atoms with E-state index in [2.05, 4.69) is 61.7 Å². The molecule has 0 radical (unpaired) electrons. The summed E-state index contributed by atoms with van der Waals surface area (Å²) in [5.41, 5.74) is 6.73. The maximum absolute atomic E-state index is 6.48. The zero-order valence-corrected chi connectivity index (χ0v) is 15.6. The number of nitrogens with one attached hydrogen (secondary N) is 2. The van der Waals surface area contributed by atoms with Gasteiger partial charge in [-0.15, -0.1) is 0 Å². The maximum Gasteiger partial charge on any atom is 0.0640 e. The van der Waals surface area contributed by atoms with Crippen LogP contribution in [-0.2, 0) is 24.8 Å². The number of halogens is 1. The SMILES string of the molecule is CC(C)(C)c1ccc(CNc2c(Cl)ccc3c2CCNCC3)cc1. The Hall–Kier alpha value is -1.51. The molecule has 0 aromatic heterocycles. The summed E-state index contributed by atoms with van der Waals surface area (Å²) in [7, 11) is 0. The van der Waals surface area contributed by atoms with E-state index < -0.39 is 0 Å². The molecule has 3 rings (SSSR count). The van der Waals surface area contributed by atoms with Crippen molar-refractivity contribution in [2.45, 2.75) is 45.6 Å². The summed E-state index contributed by atoms with van der Waals surface area (Å²) in [5, 5.41) is 7.87. The van der Waals surface area contributed by atoms with Crippen LogP contribution in [0, 0.1) is 0 Å². The van der Waals surface area contributed by atoms with Crippen molar-refractivity contribution in [1.29, 1.82) is 0 Å². The van der Waals surface area contributed by atoms with Gasteiger partial charge in [-0.05, 0) is 59.7 Å². The van der Waals surface area contributed by atoms with Gasteiger partial charge >= 0.3 is 0 Å². The Kier molecular flexibility index (Phi) is 5.17. The first-order chi connectivity index (χ1) is 11.4. The highest BCUT2D eigenvalue weighted by molar-refractivity contribution is 6.33. The molecule has 1 aliphatic heterocycles. The van der Waals surface area contributed by atoms with Crippen molar-refractivity contribution < 1.29 is 0 Å². The van der Waals surface area contributed by atoms with E-state index in [4.69, 9.17) is 11.6 Å². The molecule has 0 aliphatic carbocycles. The van der Waals surface area contributed by atoms with Crippen LogP contribution in [0.25, 0.3) is 0 Å². The van der Waals surface area contributed by atoms with E-state index in [-0.39, 0.29) is 5.41 Å². The highest BCUT2D eigenvalue weighted by atomic mass is 35.5. The van der Waals surface area contributed by atoms with Crippen LogP contribution in [0.4, 0.5) is 5.69 Å². The van der Waals surface area contributed by atoms with Gasteiger partial charge in [0.1, 0.15) is 0 Å². The third-order valence-corrected chi connectivity index (χ3v) is 5.09. The molecule has 24 heavy (non-hydrogen) atoms. The van der Waals surface area contributed by atoms with Gasteiger partial charge in [-0.25, -0.2) is 0 Å². The third kappa shape index (κ3) is 3.93. The summed E-state index contributed by atoms with van der Waals surface area (Å²) in [5.74, 6) is 0. The summed E-state index contributed by atoms with van der Waals surface area (Å²) in [6.45, 7) is 9.59. The van der Waals surface area contributed by atoms with E-state index in [1.54, 1.807) is 0 Å².